The number of carbonyl (C=O) groups excluding carboxylic acids is 2. The number of amides is 2. The molecule has 11 nitrogen and oxygen atoms in total. The zero-order valence-corrected chi connectivity index (χ0v) is 29.1. The molecule has 4 aromatic rings. The summed E-state index contributed by atoms with van der Waals surface area (Å²) in [7, 11) is -3.08. The molecule has 2 aliphatic heterocycles. The number of nitrogens with zero attached hydrogens (tertiary/aromatic N) is 2. The summed E-state index contributed by atoms with van der Waals surface area (Å²) in [6.07, 6.45) is -0.485. The first-order valence-corrected chi connectivity index (χ1v) is 18.8. The first-order chi connectivity index (χ1) is 23.9. The third kappa shape index (κ3) is 5.42. The van der Waals surface area contributed by atoms with Crippen LogP contribution in [0, 0.1) is 33.8 Å². The van der Waals surface area contributed by atoms with Gasteiger partial charge in [-0.05, 0) is 46.5 Å². The number of rotatable bonds is 9. The van der Waals surface area contributed by atoms with E-state index in [1.165, 1.54) is 24.3 Å². The molecule has 2 amide bonds. The van der Waals surface area contributed by atoms with Crippen LogP contribution in [0.25, 0.3) is 0 Å². The van der Waals surface area contributed by atoms with Crippen molar-refractivity contribution in [1.82, 2.24) is 0 Å². The second kappa shape index (κ2) is 12.7. The van der Waals surface area contributed by atoms with Crippen molar-refractivity contribution in [3.63, 3.8) is 0 Å². The summed E-state index contributed by atoms with van der Waals surface area (Å²) in [5, 5.41) is 35.6. The van der Waals surface area contributed by atoms with E-state index in [0.29, 0.717) is 11.5 Å². The lowest BCUT2D eigenvalue weighted by Gasteiger charge is -2.48. The topological polar surface area (TPSA) is 153 Å². The Hall–Kier alpha value is -4.46. The van der Waals surface area contributed by atoms with Gasteiger partial charge in [0.1, 0.15) is 24.2 Å². The third-order valence-electron chi connectivity index (χ3n) is 10.7. The molecule has 0 radical (unpaired) electrons. The Kier molecular flexibility index (Phi) is 8.64. The fraction of sp³-hybridized carbons (Fsp3) is 0.368. The van der Waals surface area contributed by atoms with Crippen LogP contribution in [0.5, 0.6) is 0 Å². The normalized spacial score (nSPS) is 26.6. The molecule has 2 N–H and O–H groups in total. The molecule has 0 spiro atoms. The number of non-ortho nitro benzene ring substituents is 1. The lowest BCUT2D eigenvalue weighted by Crippen LogP contribution is -2.67. The number of hydrogen-bond acceptors (Lipinski definition) is 9. The number of nitro groups is 1. The highest BCUT2D eigenvalue weighted by atomic mass is 28.4. The van der Waals surface area contributed by atoms with Crippen LogP contribution in [0.15, 0.2) is 101 Å². The molecule has 1 aromatic heterocycles. The van der Waals surface area contributed by atoms with Crippen LogP contribution < -0.4 is 15.3 Å². The Labute approximate surface area is 290 Å². The van der Waals surface area contributed by atoms with Crippen molar-refractivity contribution < 1.29 is 38.3 Å². The minimum absolute atomic E-state index is 0.0363. The monoisotopic (exact) mass is 696 g/mol. The Morgan fingerprint density at radius 1 is 0.940 bits per heavy atom. The van der Waals surface area contributed by atoms with Crippen molar-refractivity contribution in [1.29, 1.82) is 0 Å². The minimum Gasteiger partial charge on any atom is -0.461 e. The third-order valence-corrected chi connectivity index (χ3v) is 15.7. The van der Waals surface area contributed by atoms with Gasteiger partial charge in [-0.1, -0.05) is 87.5 Å². The van der Waals surface area contributed by atoms with E-state index in [4.69, 9.17) is 13.6 Å². The molecule has 3 aliphatic rings. The first-order valence-electron chi connectivity index (χ1n) is 16.9. The molecule has 1 aliphatic carbocycles. The van der Waals surface area contributed by atoms with Gasteiger partial charge in [0.2, 0.25) is 11.8 Å². The van der Waals surface area contributed by atoms with E-state index in [2.05, 4.69) is 45.0 Å². The summed E-state index contributed by atoms with van der Waals surface area (Å²) in [5.74, 6) is -5.45. The number of aliphatic hydroxyl groups excluding tert-OH is 1. The Morgan fingerprint density at radius 2 is 1.60 bits per heavy atom. The van der Waals surface area contributed by atoms with E-state index in [0.717, 1.165) is 15.3 Å². The van der Waals surface area contributed by atoms with Gasteiger partial charge in [-0.15, -0.1) is 0 Å². The number of carbonyl (C=O) groups is 2. The average Bonchev–Trinajstić information content (AvgIpc) is 3.79. The summed E-state index contributed by atoms with van der Waals surface area (Å²) in [4.78, 5) is 40.5. The molecule has 50 heavy (non-hydrogen) atoms. The first kappa shape index (κ1) is 34.0. The van der Waals surface area contributed by atoms with Crippen molar-refractivity contribution in [2.75, 3.05) is 11.5 Å². The predicted octanol–water partition coefficient (Wildman–Crippen LogP) is 4.85. The smallest absolute Gasteiger partial charge is 0.271 e. The zero-order valence-electron chi connectivity index (χ0n) is 28.1. The van der Waals surface area contributed by atoms with Crippen LogP contribution in [-0.4, -0.2) is 47.7 Å². The number of hydrogen-bond donors (Lipinski definition) is 2. The fourth-order valence-corrected chi connectivity index (χ4v) is 13.1. The molecule has 1 saturated carbocycles. The van der Waals surface area contributed by atoms with Crippen LogP contribution in [0.4, 0.5) is 11.4 Å². The number of imide groups is 1. The van der Waals surface area contributed by atoms with Gasteiger partial charge in [0.15, 0.2) is 5.79 Å². The number of aliphatic hydroxyl groups is 2. The quantitative estimate of drug-likeness (QED) is 0.108. The van der Waals surface area contributed by atoms with Crippen LogP contribution in [-0.2, 0) is 25.4 Å². The zero-order chi connectivity index (χ0) is 35.4. The standard InChI is InChI=1S/C38H40N2O9Si/c1-37(2,3)50(28-13-6-4-7-14-28,29-15-8-5-9-16-29)47-23-24-19-30-34(31-21-33(49-38(24,31)44)32-18-17-27(22-41)48-32)36(43)39(35(30)42)25-11-10-12-26(20-25)40(45)46/h4-18,20,24,30-31,33-34,41,44H,19,21-23H2,1-3H3/t24-,30+,31+,33+,34+,38-/m1/s1. The van der Waals surface area contributed by atoms with Gasteiger partial charge in [-0.3, -0.25) is 19.7 Å². The van der Waals surface area contributed by atoms with E-state index in [1.54, 1.807) is 12.1 Å². The van der Waals surface area contributed by atoms with E-state index >= 15 is 0 Å². The van der Waals surface area contributed by atoms with Crippen molar-refractivity contribution in [2.45, 2.75) is 57.1 Å². The van der Waals surface area contributed by atoms with Crippen molar-refractivity contribution >= 4 is 41.9 Å². The summed E-state index contributed by atoms with van der Waals surface area (Å²) in [5.41, 5.74) is -0.130. The van der Waals surface area contributed by atoms with Gasteiger partial charge in [0.05, 0.1) is 22.4 Å². The molecule has 3 fully saturated rings. The molecule has 0 unspecified atom stereocenters. The Bertz CT molecular complexity index is 1870. The van der Waals surface area contributed by atoms with Crippen molar-refractivity contribution in [2.24, 2.45) is 23.7 Å². The molecule has 3 heterocycles. The van der Waals surface area contributed by atoms with Gasteiger partial charge in [-0.2, -0.15) is 0 Å². The molecule has 7 rings (SSSR count). The van der Waals surface area contributed by atoms with Crippen LogP contribution in [0.2, 0.25) is 5.04 Å². The van der Waals surface area contributed by atoms with Crippen LogP contribution >= 0.6 is 0 Å². The Balaban J connectivity index is 1.30. The molecular weight excluding hydrogens is 657 g/mol. The molecule has 6 atom stereocenters. The summed E-state index contributed by atoms with van der Waals surface area (Å²) in [6.45, 7) is 6.18. The largest absolute Gasteiger partial charge is 0.461 e. The van der Waals surface area contributed by atoms with E-state index < -0.39 is 60.6 Å². The maximum Gasteiger partial charge on any atom is 0.271 e. The number of furan rings is 1. The molecule has 0 bridgehead atoms. The minimum atomic E-state index is -3.08. The molecule has 260 valence electrons. The second-order valence-electron chi connectivity index (χ2n) is 14.5. The lowest BCUT2D eigenvalue weighted by atomic mass is 9.64. The number of fused-ring (bicyclic) bond motifs is 3. The maximum absolute atomic E-state index is 14.2. The van der Waals surface area contributed by atoms with Crippen LogP contribution in [0.1, 0.15) is 51.2 Å². The van der Waals surface area contributed by atoms with E-state index in [9.17, 15) is 29.9 Å². The highest BCUT2D eigenvalue weighted by Crippen LogP contribution is 2.59. The van der Waals surface area contributed by atoms with Gasteiger partial charge < -0.3 is 23.8 Å². The average molecular weight is 697 g/mol. The van der Waals surface area contributed by atoms with Crippen molar-refractivity contribution in [3.05, 3.63) is 119 Å². The van der Waals surface area contributed by atoms with Gasteiger partial charge >= 0.3 is 0 Å². The summed E-state index contributed by atoms with van der Waals surface area (Å²) >= 11 is 0. The van der Waals surface area contributed by atoms with Gasteiger partial charge in [0.25, 0.3) is 14.0 Å². The summed E-state index contributed by atoms with van der Waals surface area (Å²) in [6, 6.07) is 29.0. The van der Waals surface area contributed by atoms with Crippen molar-refractivity contribution in [3.8, 4) is 0 Å². The highest BCUT2D eigenvalue weighted by molar-refractivity contribution is 6.99. The molecule has 3 aromatic carbocycles. The second-order valence-corrected chi connectivity index (χ2v) is 18.8. The summed E-state index contributed by atoms with van der Waals surface area (Å²) < 4.78 is 19.6. The number of anilines is 1. The maximum atomic E-state index is 14.2. The number of nitro benzene ring substituents is 1. The Morgan fingerprint density at radius 3 is 2.18 bits per heavy atom. The molecular formula is C38H40N2O9Si. The SMILES string of the molecule is CC(C)(C)[Si](OC[C@H]1C[C@@H]2C(=O)N(c3cccc([N+](=O)[O-])c3)C(=O)[C@@H]2[C@@H]2C[C@@H](c3ccc(CO)o3)O[C@]12O)(c1ccccc1)c1ccccc1. The number of ether oxygens (including phenoxy) is 1. The fourth-order valence-electron chi connectivity index (χ4n) is 8.49. The van der Waals surface area contributed by atoms with Gasteiger partial charge in [0, 0.05) is 30.6 Å². The van der Waals surface area contributed by atoms with E-state index in [-0.39, 0.29) is 42.5 Å². The number of benzene rings is 3. The molecule has 12 heteroatoms. The predicted molar refractivity (Wildman–Crippen MR) is 186 cm³/mol. The van der Waals surface area contributed by atoms with E-state index in [1.807, 2.05) is 36.4 Å². The van der Waals surface area contributed by atoms with Gasteiger partial charge in [-0.25, -0.2) is 4.90 Å². The molecule has 2 saturated heterocycles. The highest BCUT2D eigenvalue weighted by Gasteiger charge is 2.67. The lowest BCUT2D eigenvalue weighted by molar-refractivity contribution is -0.384. The van der Waals surface area contributed by atoms with Crippen LogP contribution in [0.3, 0.4) is 0 Å².